The molecule has 0 amide bonds. The molecule has 0 heterocycles. The average Bonchev–Trinajstić information content (AvgIpc) is 2.39. The zero-order valence-corrected chi connectivity index (χ0v) is 12.5. The highest BCUT2D eigenvalue weighted by Crippen LogP contribution is 2.16. The molecule has 0 saturated heterocycles. The number of likely N-dealkylation sites (N-methyl/N-ethyl adjacent to an activating group) is 1. The molecule has 1 aromatic carbocycles. The molecule has 0 aliphatic carbocycles. The summed E-state index contributed by atoms with van der Waals surface area (Å²) in [6, 6.07) is 9.73. The van der Waals surface area contributed by atoms with Gasteiger partial charge in [-0.15, -0.1) is 0 Å². The Kier molecular flexibility index (Phi) is 7.04. The molecule has 1 rings (SSSR count). The van der Waals surface area contributed by atoms with Crippen LogP contribution in [0.4, 0.5) is 0 Å². The van der Waals surface area contributed by atoms with Gasteiger partial charge in [-0.3, -0.25) is 0 Å². The Hall–Kier alpha value is -0.820. The highest BCUT2D eigenvalue weighted by Gasteiger charge is 2.15. The third-order valence-electron chi connectivity index (χ3n) is 3.78. The number of rotatable bonds is 8. The summed E-state index contributed by atoms with van der Waals surface area (Å²) in [5.74, 6) is 0.751. The fourth-order valence-electron chi connectivity index (χ4n) is 2.56. The van der Waals surface area contributed by atoms with E-state index in [0.717, 1.165) is 25.3 Å². The van der Waals surface area contributed by atoms with Crippen LogP contribution >= 0.6 is 0 Å². The van der Waals surface area contributed by atoms with E-state index in [1.165, 1.54) is 24.0 Å². The first kappa shape index (κ1) is 15.2. The molecule has 2 unspecified atom stereocenters. The number of hydrogen-bond acceptors (Lipinski definition) is 1. The molecule has 1 heteroatoms. The number of nitrogens with one attached hydrogen (secondary N) is 1. The van der Waals surface area contributed by atoms with Crippen molar-refractivity contribution in [2.24, 2.45) is 5.92 Å². The van der Waals surface area contributed by atoms with E-state index in [1.807, 2.05) is 0 Å². The van der Waals surface area contributed by atoms with Gasteiger partial charge in [0.15, 0.2) is 0 Å². The van der Waals surface area contributed by atoms with Gasteiger partial charge in [0, 0.05) is 6.04 Å². The van der Waals surface area contributed by atoms with Crippen LogP contribution in [0.3, 0.4) is 0 Å². The van der Waals surface area contributed by atoms with E-state index in [-0.39, 0.29) is 0 Å². The Bertz CT molecular complexity index is 315. The lowest BCUT2D eigenvalue weighted by Gasteiger charge is -2.24. The topological polar surface area (TPSA) is 12.0 Å². The van der Waals surface area contributed by atoms with E-state index in [2.05, 4.69) is 57.3 Å². The van der Waals surface area contributed by atoms with Gasteiger partial charge < -0.3 is 5.32 Å². The smallest absolute Gasteiger partial charge is 0.0133 e. The minimum absolute atomic E-state index is 0.613. The minimum Gasteiger partial charge on any atom is -0.314 e. The van der Waals surface area contributed by atoms with Gasteiger partial charge >= 0.3 is 0 Å². The second-order valence-electron chi connectivity index (χ2n) is 5.30. The molecule has 1 N–H and O–H groups in total. The largest absolute Gasteiger partial charge is 0.314 e. The standard InChI is InChI=1S/C17H29N/c1-5-8-14(4)17(18-7-3)13-16-11-9-15(6-2)10-12-16/h9-12,14,17-18H,5-8,13H2,1-4H3. The quantitative estimate of drug-likeness (QED) is 0.726. The Morgan fingerprint density at radius 1 is 1.00 bits per heavy atom. The van der Waals surface area contributed by atoms with Crippen LogP contribution in [0.1, 0.15) is 51.7 Å². The molecule has 18 heavy (non-hydrogen) atoms. The Morgan fingerprint density at radius 2 is 1.61 bits per heavy atom. The molecule has 0 aliphatic rings. The fraction of sp³-hybridized carbons (Fsp3) is 0.647. The van der Waals surface area contributed by atoms with Crippen molar-refractivity contribution in [3.05, 3.63) is 35.4 Å². The summed E-state index contributed by atoms with van der Waals surface area (Å²) in [5, 5.41) is 3.64. The van der Waals surface area contributed by atoms with Gasteiger partial charge in [0.25, 0.3) is 0 Å². The second kappa shape index (κ2) is 8.31. The molecule has 0 spiro atoms. The number of benzene rings is 1. The molecule has 102 valence electrons. The first-order chi connectivity index (χ1) is 8.71. The first-order valence-electron chi connectivity index (χ1n) is 7.52. The van der Waals surface area contributed by atoms with Crippen molar-refractivity contribution in [3.63, 3.8) is 0 Å². The summed E-state index contributed by atoms with van der Waals surface area (Å²) in [5.41, 5.74) is 2.89. The van der Waals surface area contributed by atoms with Gasteiger partial charge in [-0.2, -0.15) is 0 Å². The van der Waals surface area contributed by atoms with Crippen molar-refractivity contribution in [3.8, 4) is 0 Å². The molecular weight excluding hydrogens is 218 g/mol. The lowest BCUT2D eigenvalue weighted by Crippen LogP contribution is -2.36. The van der Waals surface area contributed by atoms with Gasteiger partial charge in [0.1, 0.15) is 0 Å². The van der Waals surface area contributed by atoms with E-state index < -0.39 is 0 Å². The molecule has 0 bridgehead atoms. The minimum atomic E-state index is 0.613. The zero-order valence-electron chi connectivity index (χ0n) is 12.5. The molecule has 1 nitrogen and oxygen atoms in total. The highest BCUT2D eigenvalue weighted by molar-refractivity contribution is 5.23. The number of aryl methyl sites for hydroxylation is 1. The van der Waals surface area contributed by atoms with Crippen LogP contribution in [-0.2, 0) is 12.8 Å². The van der Waals surface area contributed by atoms with Gasteiger partial charge in [-0.05, 0) is 42.9 Å². The predicted molar refractivity (Wildman–Crippen MR) is 81.1 cm³/mol. The van der Waals surface area contributed by atoms with Crippen LogP contribution in [0, 0.1) is 5.92 Å². The zero-order chi connectivity index (χ0) is 13.4. The Labute approximate surface area is 113 Å². The normalized spacial score (nSPS) is 14.4. The van der Waals surface area contributed by atoms with E-state index in [0.29, 0.717) is 6.04 Å². The molecule has 0 saturated carbocycles. The Morgan fingerprint density at radius 3 is 2.11 bits per heavy atom. The van der Waals surface area contributed by atoms with E-state index in [9.17, 15) is 0 Å². The van der Waals surface area contributed by atoms with Crippen molar-refractivity contribution in [2.75, 3.05) is 6.54 Å². The van der Waals surface area contributed by atoms with Crippen molar-refractivity contribution in [1.82, 2.24) is 5.32 Å². The molecule has 0 aromatic heterocycles. The molecule has 0 fully saturated rings. The third kappa shape index (κ3) is 4.81. The van der Waals surface area contributed by atoms with Crippen LogP contribution < -0.4 is 5.32 Å². The van der Waals surface area contributed by atoms with E-state index >= 15 is 0 Å². The molecule has 0 aliphatic heterocycles. The number of hydrogen-bond donors (Lipinski definition) is 1. The van der Waals surface area contributed by atoms with Crippen molar-refractivity contribution >= 4 is 0 Å². The summed E-state index contributed by atoms with van der Waals surface area (Å²) in [6.07, 6.45) is 4.87. The summed E-state index contributed by atoms with van der Waals surface area (Å²) in [7, 11) is 0. The summed E-state index contributed by atoms with van der Waals surface area (Å²) in [6.45, 7) is 10.1. The van der Waals surface area contributed by atoms with Crippen molar-refractivity contribution < 1.29 is 0 Å². The predicted octanol–water partition coefficient (Wildman–Crippen LogP) is 4.21. The van der Waals surface area contributed by atoms with E-state index in [4.69, 9.17) is 0 Å². The summed E-state index contributed by atoms with van der Waals surface area (Å²) >= 11 is 0. The van der Waals surface area contributed by atoms with Gasteiger partial charge in [-0.25, -0.2) is 0 Å². The van der Waals surface area contributed by atoms with Gasteiger partial charge in [0.2, 0.25) is 0 Å². The van der Waals surface area contributed by atoms with Gasteiger partial charge in [0.05, 0.1) is 0 Å². The molecule has 2 atom stereocenters. The lowest BCUT2D eigenvalue weighted by molar-refractivity contribution is 0.358. The SMILES string of the molecule is CCCC(C)C(Cc1ccc(CC)cc1)NCC. The molecule has 1 aromatic rings. The van der Waals surface area contributed by atoms with Crippen LogP contribution in [0.5, 0.6) is 0 Å². The van der Waals surface area contributed by atoms with Crippen molar-refractivity contribution in [2.45, 2.75) is 59.4 Å². The second-order valence-corrected chi connectivity index (χ2v) is 5.30. The maximum atomic E-state index is 3.64. The average molecular weight is 247 g/mol. The molecular formula is C17H29N. The van der Waals surface area contributed by atoms with Crippen molar-refractivity contribution in [1.29, 1.82) is 0 Å². The lowest BCUT2D eigenvalue weighted by atomic mass is 9.91. The van der Waals surface area contributed by atoms with E-state index in [1.54, 1.807) is 0 Å². The Balaban J connectivity index is 2.63. The summed E-state index contributed by atoms with van der Waals surface area (Å²) in [4.78, 5) is 0. The molecule has 0 radical (unpaired) electrons. The maximum absolute atomic E-state index is 3.64. The van der Waals surface area contributed by atoms with Gasteiger partial charge in [-0.1, -0.05) is 58.4 Å². The first-order valence-corrected chi connectivity index (χ1v) is 7.52. The highest BCUT2D eigenvalue weighted by atomic mass is 14.9. The monoisotopic (exact) mass is 247 g/mol. The van der Waals surface area contributed by atoms with Crippen LogP contribution in [0.2, 0.25) is 0 Å². The fourth-order valence-corrected chi connectivity index (χ4v) is 2.56. The third-order valence-corrected chi connectivity index (χ3v) is 3.78. The van der Waals surface area contributed by atoms with Crippen LogP contribution in [0.15, 0.2) is 24.3 Å². The summed E-state index contributed by atoms with van der Waals surface area (Å²) < 4.78 is 0. The van der Waals surface area contributed by atoms with Crippen LogP contribution in [0.25, 0.3) is 0 Å². The maximum Gasteiger partial charge on any atom is 0.0133 e. The van der Waals surface area contributed by atoms with Crippen LogP contribution in [-0.4, -0.2) is 12.6 Å².